The molecule has 1 fully saturated rings. The van der Waals surface area contributed by atoms with Gasteiger partial charge in [0.2, 0.25) is 0 Å². The highest BCUT2D eigenvalue weighted by Crippen LogP contribution is 2.08. The fourth-order valence-corrected chi connectivity index (χ4v) is 1.94. The van der Waals surface area contributed by atoms with Crippen molar-refractivity contribution < 1.29 is 4.79 Å². The van der Waals surface area contributed by atoms with Crippen molar-refractivity contribution in [2.45, 2.75) is 12.5 Å². The first-order valence-corrected chi connectivity index (χ1v) is 5.61. The van der Waals surface area contributed by atoms with E-state index in [-0.39, 0.29) is 11.9 Å². The first-order chi connectivity index (χ1) is 8.19. The van der Waals surface area contributed by atoms with Crippen molar-refractivity contribution in [2.24, 2.45) is 5.84 Å². The first-order valence-electron chi connectivity index (χ1n) is 5.61. The minimum Gasteiger partial charge on any atom is -0.348 e. The number of nitrogens with two attached hydrogens (primary N) is 1. The summed E-state index contributed by atoms with van der Waals surface area (Å²) >= 11 is 0. The van der Waals surface area contributed by atoms with E-state index in [9.17, 15) is 4.79 Å². The molecule has 6 nitrogen and oxygen atoms in total. The van der Waals surface area contributed by atoms with Gasteiger partial charge in [-0.3, -0.25) is 4.79 Å². The maximum atomic E-state index is 11.9. The molecule has 1 saturated heterocycles. The Balaban J connectivity index is 1.94. The monoisotopic (exact) mass is 235 g/mol. The minimum atomic E-state index is -0.0821. The van der Waals surface area contributed by atoms with Crippen LogP contribution in [0.2, 0.25) is 0 Å². The van der Waals surface area contributed by atoms with Crippen LogP contribution in [0.25, 0.3) is 0 Å². The molecule has 6 heteroatoms. The predicted octanol–water partition coefficient (Wildman–Crippen LogP) is -0.199. The van der Waals surface area contributed by atoms with Crippen molar-refractivity contribution in [2.75, 3.05) is 25.6 Å². The van der Waals surface area contributed by atoms with Gasteiger partial charge in [0.15, 0.2) is 0 Å². The van der Waals surface area contributed by atoms with Crippen molar-refractivity contribution >= 4 is 11.7 Å². The van der Waals surface area contributed by atoms with E-state index in [2.05, 4.69) is 27.7 Å². The number of nitrogens with one attached hydrogen (secondary N) is 2. The van der Waals surface area contributed by atoms with Gasteiger partial charge in [-0.15, -0.1) is 0 Å². The smallest absolute Gasteiger partial charge is 0.253 e. The molecule has 1 aromatic rings. The van der Waals surface area contributed by atoms with Gasteiger partial charge < -0.3 is 15.6 Å². The molecule has 0 aromatic carbocycles. The number of likely N-dealkylation sites (N-methyl/N-ethyl adjacent to an activating group) is 1. The fraction of sp³-hybridized carbons (Fsp3) is 0.455. The van der Waals surface area contributed by atoms with Gasteiger partial charge in [-0.25, -0.2) is 10.8 Å². The molecule has 1 amide bonds. The number of nitrogens with zero attached hydrogens (tertiary/aromatic N) is 2. The molecule has 1 aliphatic heterocycles. The quantitative estimate of drug-likeness (QED) is 0.499. The molecule has 0 saturated carbocycles. The molecule has 17 heavy (non-hydrogen) atoms. The summed E-state index contributed by atoms with van der Waals surface area (Å²) in [6.07, 6.45) is 2.52. The Hall–Kier alpha value is -1.66. The number of nitrogen functional groups attached to an aromatic ring is 1. The maximum Gasteiger partial charge on any atom is 0.253 e. The molecule has 0 spiro atoms. The zero-order chi connectivity index (χ0) is 12.3. The second-order valence-electron chi connectivity index (χ2n) is 4.30. The van der Waals surface area contributed by atoms with Gasteiger partial charge in [-0.2, -0.15) is 0 Å². The van der Waals surface area contributed by atoms with Gasteiger partial charge in [0.1, 0.15) is 5.82 Å². The van der Waals surface area contributed by atoms with Gasteiger partial charge in [0.05, 0.1) is 5.56 Å². The van der Waals surface area contributed by atoms with Gasteiger partial charge in [-0.1, -0.05) is 0 Å². The van der Waals surface area contributed by atoms with E-state index in [1.165, 1.54) is 6.20 Å². The van der Waals surface area contributed by atoms with E-state index in [0.29, 0.717) is 11.4 Å². The van der Waals surface area contributed by atoms with Crippen LogP contribution in [0.4, 0.5) is 5.82 Å². The molecule has 92 valence electrons. The van der Waals surface area contributed by atoms with E-state index in [0.717, 1.165) is 19.5 Å². The van der Waals surface area contributed by atoms with Crippen molar-refractivity contribution in [1.29, 1.82) is 0 Å². The number of carbonyl (C=O) groups is 1. The standard InChI is InChI=1S/C11H17N5O/c1-16-5-4-9(7-16)14-11(17)8-2-3-10(15-12)13-6-8/h2-3,6,9H,4-5,7,12H2,1H3,(H,13,15)(H,14,17). The summed E-state index contributed by atoms with van der Waals surface area (Å²) in [5, 5.41) is 2.99. The largest absolute Gasteiger partial charge is 0.348 e. The lowest BCUT2D eigenvalue weighted by Crippen LogP contribution is -2.36. The minimum absolute atomic E-state index is 0.0821. The second kappa shape index (κ2) is 5.11. The van der Waals surface area contributed by atoms with Crippen LogP contribution < -0.4 is 16.6 Å². The average Bonchev–Trinajstić information content (AvgIpc) is 2.75. The number of carbonyl (C=O) groups excluding carboxylic acids is 1. The lowest BCUT2D eigenvalue weighted by molar-refractivity contribution is 0.0938. The van der Waals surface area contributed by atoms with Crippen LogP contribution in [-0.2, 0) is 0 Å². The van der Waals surface area contributed by atoms with E-state index in [1.807, 2.05) is 0 Å². The first kappa shape index (κ1) is 11.8. The normalized spacial score (nSPS) is 20.2. The third-order valence-corrected chi connectivity index (χ3v) is 2.90. The number of hydrogen-bond donors (Lipinski definition) is 3. The van der Waals surface area contributed by atoms with Gasteiger partial charge >= 0.3 is 0 Å². The SMILES string of the molecule is CN1CCC(NC(=O)c2ccc(NN)nc2)C1. The number of amides is 1. The van der Waals surface area contributed by atoms with Crippen LogP contribution in [0.5, 0.6) is 0 Å². The zero-order valence-electron chi connectivity index (χ0n) is 9.81. The van der Waals surface area contributed by atoms with Crippen LogP contribution >= 0.6 is 0 Å². The Labute approximate surface area is 100 Å². The summed E-state index contributed by atoms with van der Waals surface area (Å²) in [5.41, 5.74) is 2.98. The van der Waals surface area contributed by atoms with E-state index < -0.39 is 0 Å². The molecule has 1 aliphatic rings. The topological polar surface area (TPSA) is 83.3 Å². The van der Waals surface area contributed by atoms with Crippen LogP contribution in [0, 0.1) is 0 Å². The van der Waals surface area contributed by atoms with Crippen LogP contribution in [0.1, 0.15) is 16.8 Å². The summed E-state index contributed by atoms with van der Waals surface area (Å²) in [4.78, 5) is 18.1. The maximum absolute atomic E-state index is 11.9. The molecule has 1 atom stereocenters. The Bertz CT molecular complexity index is 391. The van der Waals surface area contributed by atoms with Crippen molar-refractivity contribution in [3.05, 3.63) is 23.9 Å². The summed E-state index contributed by atoms with van der Waals surface area (Å²) in [5.74, 6) is 5.67. The van der Waals surface area contributed by atoms with Crippen molar-refractivity contribution in [3.63, 3.8) is 0 Å². The Morgan fingerprint density at radius 1 is 1.59 bits per heavy atom. The Kier molecular flexibility index (Phi) is 3.55. The molecule has 0 aliphatic carbocycles. The lowest BCUT2D eigenvalue weighted by Gasteiger charge is -2.12. The van der Waals surface area contributed by atoms with Crippen LogP contribution in [0.3, 0.4) is 0 Å². The van der Waals surface area contributed by atoms with E-state index >= 15 is 0 Å². The highest BCUT2D eigenvalue weighted by atomic mass is 16.1. The third kappa shape index (κ3) is 2.92. The zero-order valence-corrected chi connectivity index (χ0v) is 9.81. The average molecular weight is 235 g/mol. The number of anilines is 1. The molecule has 2 rings (SSSR count). The number of rotatable bonds is 3. The third-order valence-electron chi connectivity index (χ3n) is 2.90. The van der Waals surface area contributed by atoms with Gasteiger partial charge in [0.25, 0.3) is 5.91 Å². The Morgan fingerprint density at radius 2 is 2.41 bits per heavy atom. The van der Waals surface area contributed by atoms with Crippen LogP contribution in [0.15, 0.2) is 18.3 Å². The molecular formula is C11H17N5O. The highest BCUT2D eigenvalue weighted by Gasteiger charge is 2.21. The fourth-order valence-electron chi connectivity index (χ4n) is 1.94. The molecule has 1 aromatic heterocycles. The molecule has 2 heterocycles. The number of likely N-dealkylation sites (tertiary alicyclic amines) is 1. The predicted molar refractivity (Wildman–Crippen MR) is 65.4 cm³/mol. The summed E-state index contributed by atoms with van der Waals surface area (Å²) < 4.78 is 0. The summed E-state index contributed by atoms with van der Waals surface area (Å²) in [6.45, 7) is 1.93. The van der Waals surface area contributed by atoms with Gasteiger partial charge in [0, 0.05) is 18.8 Å². The van der Waals surface area contributed by atoms with E-state index in [1.54, 1.807) is 12.1 Å². The molecule has 0 radical (unpaired) electrons. The summed E-state index contributed by atoms with van der Waals surface area (Å²) in [6, 6.07) is 3.62. The highest BCUT2D eigenvalue weighted by molar-refractivity contribution is 5.94. The number of hydrogen-bond acceptors (Lipinski definition) is 5. The summed E-state index contributed by atoms with van der Waals surface area (Å²) in [7, 11) is 2.05. The van der Waals surface area contributed by atoms with Crippen LogP contribution in [-0.4, -0.2) is 42.0 Å². The number of hydrazine groups is 1. The number of aromatic nitrogens is 1. The van der Waals surface area contributed by atoms with Crippen molar-refractivity contribution in [1.82, 2.24) is 15.2 Å². The van der Waals surface area contributed by atoms with Gasteiger partial charge in [-0.05, 0) is 32.1 Å². The van der Waals surface area contributed by atoms with Crippen molar-refractivity contribution in [3.8, 4) is 0 Å². The molecular weight excluding hydrogens is 218 g/mol. The second-order valence-corrected chi connectivity index (χ2v) is 4.30. The molecule has 1 unspecified atom stereocenters. The molecule has 4 N–H and O–H groups in total. The molecule has 0 bridgehead atoms. The van der Waals surface area contributed by atoms with E-state index in [4.69, 9.17) is 5.84 Å². The Morgan fingerprint density at radius 3 is 2.94 bits per heavy atom. The lowest BCUT2D eigenvalue weighted by atomic mass is 10.2. The number of pyridine rings is 1.